The lowest BCUT2D eigenvalue weighted by Crippen LogP contribution is -2.21. The molecule has 21 heavy (non-hydrogen) atoms. The predicted molar refractivity (Wildman–Crippen MR) is 96.0 cm³/mol. The van der Waals surface area contributed by atoms with Crippen molar-refractivity contribution in [1.29, 1.82) is 0 Å². The van der Waals surface area contributed by atoms with E-state index in [1.54, 1.807) is 7.11 Å². The van der Waals surface area contributed by atoms with Gasteiger partial charge in [-0.25, -0.2) is 0 Å². The van der Waals surface area contributed by atoms with Gasteiger partial charge in [0.2, 0.25) is 0 Å². The number of hydrogen-bond acceptors (Lipinski definition) is 3. The first-order chi connectivity index (χ1) is 10.1. The van der Waals surface area contributed by atoms with Crippen molar-refractivity contribution in [2.75, 3.05) is 33.4 Å². The van der Waals surface area contributed by atoms with Gasteiger partial charge in [0, 0.05) is 20.2 Å². The van der Waals surface area contributed by atoms with E-state index in [0.29, 0.717) is 6.61 Å². The van der Waals surface area contributed by atoms with Crippen LogP contribution in [0.1, 0.15) is 25.8 Å². The van der Waals surface area contributed by atoms with Gasteiger partial charge in [-0.15, -0.1) is 0 Å². The smallest absolute Gasteiger partial charge is 0.147 e. The second-order valence-electron chi connectivity index (χ2n) is 4.57. The molecule has 0 aliphatic carbocycles. The third-order valence-electron chi connectivity index (χ3n) is 2.97. The van der Waals surface area contributed by atoms with Gasteiger partial charge in [-0.05, 0) is 62.9 Å². The van der Waals surface area contributed by atoms with Gasteiger partial charge in [-0.2, -0.15) is 0 Å². The quantitative estimate of drug-likeness (QED) is 0.590. The highest BCUT2D eigenvalue weighted by Crippen LogP contribution is 2.35. The van der Waals surface area contributed by atoms with Crippen LogP contribution in [0.3, 0.4) is 0 Å². The molecule has 3 nitrogen and oxygen atoms in total. The maximum atomic E-state index is 5.60. The highest BCUT2D eigenvalue weighted by atomic mass is 79.9. The molecular formula is C16H23Br2NO2. The lowest BCUT2D eigenvalue weighted by Gasteiger charge is -2.11. The van der Waals surface area contributed by atoms with E-state index < -0.39 is 0 Å². The summed E-state index contributed by atoms with van der Waals surface area (Å²) in [7, 11) is 1.72. The lowest BCUT2D eigenvalue weighted by molar-refractivity contribution is 0.200. The van der Waals surface area contributed by atoms with Gasteiger partial charge < -0.3 is 14.8 Å². The summed E-state index contributed by atoms with van der Waals surface area (Å²) in [5.74, 6) is 0.853. The van der Waals surface area contributed by atoms with Crippen LogP contribution in [-0.2, 0) is 4.74 Å². The van der Waals surface area contributed by atoms with Crippen LogP contribution in [0, 0.1) is 0 Å². The molecule has 0 heterocycles. The zero-order valence-corrected chi connectivity index (χ0v) is 16.0. The molecule has 0 atom stereocenters. The van der Waals surface area contributed by atoms with Crippen molar-refractivity contribution in [1.82, 2.24) is 5.32 Å². The lowest BCUT2D eigenvalue weighted by atomic mass is 10.1. The van der Waals surface area contributed by atoms with Gasteiger partial charge in [0.25, 0.3) is 0 Å². The Morgan fingerprint density at radius 3 is 2.43 bits per heavy atom. The Balaban J connectivity index is 2.81. The first kappa shape index (κ1) is 18.7. The summed E-state index contributed by atoms with van der Waals surface area (Å²) in [6.07, 6.45) is 3.23. The molecule has 0 saturated carbocycles. The van der Waals surface area contributed by atoms with E-state index in [0.717, 1.165) is 46.4 Å². The van der Waals surface area contributed by atoms with Crippen molar-refractivity contribution in [3.05, 3.63) is 32.2 Å². The van der Waals surface area contributed by atoms with Crippen molar-refractivity contribution in [2.45, 2.75) is 20.3 Å². The van der Waals surface area contributed by atoms with Crippen molar-refractivity contribution < 1.29 is 9.47 Å². The standard InChI is InChI=1S/C16H23Br2NO2/c1-4-12(11-19-6-7-20-3)8-13-9-14(17)16(21-5-2)15(18)10-13/h8-10,19H,4-7,11H2,1-3H3. The maximum Gasteiger partial charge on any atom is 0.147 e. The fourth-order valence-electron chi connectivity index (χ4n) is 1.88. The zero-order valence-electron chi connectivity index (χ0n) is 12.8. The van der Waals surface area contributed by atoms with Crippen LogP contribution in [-0.4, -0.2) is 33.4 Å². The van der Waals surface area contributed by atoms with Crippen LogP contribution in [0.2, 0.25) is 0 Å². The number of rotatable bonds is 9. The van der Waals surface area contributed by atoms with Gasteiger partial charge in [-0.3, -0.25) is 0 Å². The molecule has 0 spiro atoms. The molecule has 0 fully saturated rings. The average Bonchev–Trinajstić information content (AvgIpc) is 2.46. The highest BCUT2D eigenvalue weighted by Gasteiger charge is 2.08. The third kappa shape index (κ3) is 6.51. The van der Waals surface area contributed by atoms with E-state index in [1.165, 1.54) is 5.57 Å². The van der Waals surface area contributed by atoms with Gasteiger partial charge in [0.05, 0.1) is 22.2 Å². The number of benzene rings is 1. The summed E-state index contributed by atoms with van der Waals surface area (Å²) in [5.41, 5.74) is 2.51. The Morgan fingerprint density at radius 1 is 1.24 bits per heavy atom. The van der Waals surface area contributed by atoms with Crippen molar-refractivity contribution in [3.63, 3.8) is 0 Å². The molecule has 0 unspecified atom stereocenters. The van der Waals surface area contributed by atoms with Gasteiger partial charge >= 0.3 is 0 Å². The van der Waals surface area contributed by atoms with E-state index in [-0.39, 0.29) is 0 Å². The van der Waals surface area contributed by atoms with Crippen LogP contribution in [0.5, 0.6) is 5.75 Å². The van der Waals surface area contributed by atoms with E-state index in [2.05, 4.69) is 62.3 Å². The highest BCUT2D eigenvalue weighted by molar-refractivity contribution is 9.11. The molecule has 0 bridgehead atoms. The molecule has 0 aliphatic heterocycles. The van der Waals surface area contributed by atoms with Gasteiger partial charge in [-0.1, -0.05) is 18.6 Å². The summed E-state index contributed by atoms with van der Waals surface area (Å²) >= 11 is 7.14. The first-order valence-electron chi connectivity index (χ1n) is 7.13. The monoisotopic (exact) mass is 419 g/mol. The largest absolute Gasteiger partial charge is 0.492 e. The third-order valence-corrected chi connectivity index (χ3v) is 4.15. The second-order valence-corrected chi connectivity index (χ2v) is 6.28. The summed E-state index contributed by atoms with van der Waals surface area (Å²) in [6.45, 7) is 7.27. The van der Waals surface area contributed by atoms with Crippen LogP contribution < -0.4 is 10.1 Å². The predicted octanol–water partition coefficient (Wildman–Crippen LogP) is 4.64. The minimum absolute atomic E-state index is 0.649. The Hall–Kier alpha value is -0.360. The van der Waals surface area contributed by atoms with Gasteiger partial charge in [0.1, 0.15) is 5.75 Å². The fourth-order valence-corrected chi connectivity index (χ4v) is 3.33. The van der Waals surface area contributed by atoms with E-state index in [9.17, 15) is 0 Å². The number of hydrogen-bond donors (Lipinski definition) is 1. The van der Waals surface area contributed by atoms with Crippen LogP contribution in [0.25, 0.3) is 6.08 Å². The fraction of sp³-hybridized carbons (Fsp3) is 0.500. The normalized spacial score (nSPS) is 11.8. The Kier molecular flexibility index (Phi) is 9.24. The molecule has 0 aliphatic rings. The molecule has 1 rings (SSSR count). The Bertz CT molecular complexity index is 452. The molecule has 1 N–H and O–H groups in total. The summed E-state index contributed by atoms with van der Waals surface area (Å²) < 4.78 is 12.6. The first-order valence-corrected chi connectivity index (χ1v) is 8.71. The van der Waals surface area contributed by atoms with E-state index in [1.807, 2.05) is 6.92 Å². The average molecular weight is 421 g/mol. The molecule has 0 radical (unpaired) electrons. The molecule has 1 aromatic rings. The second kappa shape index (κ2) is 10.4. The summed E-state index contributed by atoms with van der Waals surface area (Å²) in [6, 6.07) is 4.17. The number of halogens is 2. The summed E-state index contributed by atoms with van der Waals surface area (Å²) in [4.78, 5) is 0. The number of methoxy groups -OCH3 is 1. The molecule has 0 amide bonds. The van der Waals surface area contributed by atoms with E-state index in [4.69, 9.17) is 9.47 Å². The number of nitrogens with one attached hydrogen (secondary N) is 1. The zero-order chi connectivity index (χ0) is 15.7. The maximum absolute atomic E-state index is 5.60. The van der Waals surface area contributed by atoms with Crippen molar-refractivity contribution in [2.24, 2.45) is 0 Å². The molecule has 1 aromatic carbocycles. The van der Waals surface area contributed by atoms with Crippen molar-refractivity contribution in [3.8, 4) is 5.75 Å². The summed E-state index contributed by atoms with van der Waals surface area (Å²) in [5, 5.41) is 3.38. The van der Waals surface area contributed by atoms with Crippen molar-refractivity contribution >= 4 is 37.9 Å². The van der Waals surface area contributed by atoms with Crippen LogP contribution in [0.4, 0.5) is 0 Å². The Morgan fingerprint density at radius 2 is 1.90 bits per heavy atom. The molecule has 118 valence electrons. The molecule has 0 saturated heterocycles. The van der Waals surface area contributed by atoms with E-state index >= 15 is 0 Å². The molecule has 5 heteroatoms. The minimum Gasteiger partial charge on any atom is -0.492 e. The van der Waals surface area contributed by atoms with Crippen LogP contribution in [0.15, 0.2) is 26.7 Å². The Labute approximate surface area is 144 Å². The van der Waals surface area contributed by atoms with Crippen LogP contribution >= 0.6 is 31.9 Å². The SMILES string of the molecule is CCOc1c(Br)cc(C=C(CC)CNCCOC)cc1Br. The topological polar surface area (TPSA) is 30.5 Å². The minimum atomic E-state index is 0.649. The van der Waals surface area contributed by atoms with Gasteiger partial charge in [0.15, 0.2) is 0 Å². The molecular weight excluding hydrogens is 398 g/mol. The number of ether oxygens (including phenoxy) is 2. The molecule has 0 aromatic heterocycles.